The fourth-order valence-corrected chi connectivity index (χ4v) is 12.3. The second kappa shape index (κ2) is 27.8. The number of fused-ring (bicyclic) bond motifs is 3. The number of nitrogens with one attached hydrogen (secondary N) is 2. The summed E-state index contributed by atoms with van der Waals surface area (Å²) in [7, 11) is 0. The van der Waals surface area contributed by atoms with Crippen molar-refractivity contribution in [3.8, 4) is 45.8 Å². The average molecular weight is 1340 g/mol. The predicted molar refractivity (Wildman–Crippen MR) is 368 cm³/mol. The van der Waals surface area contributed by atoms with Gasteiger partial charge in [0.05, 0.1) is 67.3 Å². The number of anilines is 3. The summed E-state index contributed by atoms with van der Waals surface area (Å²) >= 11 is 29.1. The molecule has 3 unspecified atom stereocenters. The van der Waals surface area contributed by atoms with Gasteiger partial charge in [0, 0.05) is 92.9 Å². The zero-order valence-corrected chi connectivity index (χ0v) is 54.2. The molecule has 0 aliphatic carbocycles. The Labute approximate surface area is 564 Å². The lowest BCUT2D eigenvalue weighted by Crippen LogP contribution is -2.36. The lowest BCUT2D eigenvalue weighted by atomic mass is 9.91. The van der Waals surface area contributed by atoms with Crippen molar-refractivity contribution in [2.75, 3.05) is 22.1 Å². The summed E-state index contributed by atoms with van der Waals surface area (Å²) in [5, 5.41) is 44.2. The third-order valence-corrected chi connectivity index (χ3v) is 17.5. The summed E-state index contributed by atoms with van der Waals surface area (Å²) in [5.74, 6) is -1.05. The number of aromatic nitrogens is 7. The Morgan fingerprint density at radius 1 is 0.589 bits per heavy atom. The van der Waals surface area contributed by atoms with Crippen LogP contribution >= 0.6 is 46.4 Å². The Kier molecular flexibility index (Phi) is 18.8. The molecular formula is C73H55Cl4N11O7. The molecule has 0 fully saturated rings. The van der Waals surface area contributed by atoms with Crippen LogP contribution in [-0.4, -0.2) is 69.6 Å². The number of aryl methyl sites for hydroxylation is 1. The second-order valence-corrected chi connectivity index (χ2v) is 23.5. The van der Waals surface area contributed by atoms with Crippen LogP contribution in [0.3, 0.4) is 0 Å². The van der Waals surface area contributed by atoms with Gasteiger partial charge in [-0.3, -0.25) is 14.5 Å². The van der Waals surface area contributed by atoms with Crippen LogP contribution in [0.4, 0.5) is 17.6 Å². The molecule has 95 heavy (non-hydrogen) atoms. The van der Waals surface area contributed by atoms with Crippen LogP contribution in [0.5, 0.6) is 17.2 Å². The number of hydrogen-bond acceptors (Lipinski definition) is 17. The SMILES string of the molecule is CCOC(=O)c1ccc(C(Nc2ncccn2)c2cc(Cl)c3ccc(-c4cc(Cl)c(Cl)c(C(c5ccc6ccc(-c7cc(C#N)c(Cl)c(C(Nc8ccccn8)c8ccc9ccc(C)nc9c8O)c7)nc6c5OC(=O)CC)N(C(=O)CC)c5ccccn5)c4)nc3c2O)cc1. The van der Waals surface area contributed by atoms with Crippen LogP contribution in [0.25, 0.3) is 55.2 Å². The zero-order chi connectivity index (χ0) is 66.6. The topological polar surface area (TPSA) is 251 Å². The van der Waals surface area contributed by atoms with Crippen LogP contribution in [0.2, 0.25) is 20.1 Å². The van der Waals surface area contributed by atoms with Gasteiger partial charge in [0.15, 0.2) is 5.75 Å². The molecular weight excluding hydrogens is 1280 g/mol. The first kappa shape index (κ1) is 64.3. The number of carbonyl (C=O) groups excluding carboxylic acids is 3. The minimum atomic E-state index is -1.28. The van der Waals surface area contributed by atoms with E-state index in [1.807, 2.05) is 31.2 Å². The summed E-state index contributed by atoms with van der Waals surface area (Å²) in [6, 6.07) is 44.1. The molecule has 4 N–H and O–H groups in total. The Hall–Kier alpha value is -10.8. The lowest BCUT2D eigenvalue weighted by molar-refractivity contribution is -0.134. The van der Waals surface area contributed by atoms with E-state index in [1.165, 1.54) is 4.90 Å². The van der Waals surface area contributed by atoms with Gasteiger partial charge >= 0.3 is 11.9 Å². The molecule has 6 heterocycles. The minimum Gasteiger partial charge on any atom is -0.505 e. The molecule has 12 aromatic rings. The van der Waals surface area contributed by atoms with Gasteiger partial charge in [-0.25, -0.2) is 39.7 Å². The predicted octanol–water partition coefficient (Wildman–Crippen LogP) is 16.9. The number of hydrogen-bond donors (Lipinski definition) is 4. The zero-order valence-electron chi connectivity index (χ0n) is 51.1. The third-order valence-electron chi connectivity index (χ3n) is 16.0. The van der Waals surface area contributed by atoms with Crippen molar-refractivity contribution in [1.29, 1.82) is 5.26 Å². The van der Waals surface area contributed by atoms with Crippen LogP contribution in [0.1, 0.15) is 107 Å². The van der Waals surface area contributed by atoms with Gasteiger partial charge in [0.2, 0.25) is 11.9 Å². The number of rotatable bonds is 19. The first-order valence-corrected chi connectivity index (χ1v) is 31.6. The molecule has 0 bridgehead atoms. The fourth-order valence-electron chi connectivity index (χ4n) is 11.3. The number of nitrogens with zero attached hydrogens (tertiary/aromatic N) is 9. The van der Waals surface area contributed by atoms with Crippen molar-refractivity contribution in [3.05, 3.63) is 253 Å². The molecule has 22 heteroatoms. The van der Waals surface area contributed by atoms with Gasteiger partial charge in [-0.15, -0.1) is 0 Å². The molecule has 12 rings (SSSR count). The van der Waals surface area contributed by atoms with Crippen molar-refractivity contribution in [3.63, 3.8) is 0 Å². The molecule has 0 spiro atoms. The van der Waals surface area contributed by atoms with Crippen LogP contribution < -0.4 is 20.3 Å². The van der Waals surface area contributed by atoms with Crippen molar-refractivity contribution < 1.29 is 34.1 Å². The van der Waals surface area contributed by atoms with Gasteiger partial charge < -0.3 is 30.3 Å². The Balaban J connectivity index is 1.04. The van der Waals surface area contributed by atoms with E-state index in [1.54, 1.807) is 179 Å². The molecule has 472 valence electrons. The van der Waals surface area contributed by atoms with E-state index >= 15 is 0 Å². The number of carbonyl (C=O) groups is 3. The van der Waals surface area contributed by atoms with Gasteiger partial charge in [0.1, 0.15) is 45.8 Å². The first-order chi connectivity index (χ1) is 46.0. The highest BCUT2D eigenvalue weighted by molar-refractivity contribution is 6.43. The van der Waals surface area contributed by atoms with E-state index in [9.17, 15) is 29.9 Å². The quantitative estimate of drug-likeness (QED) is 0.0434. The standard InChI is InChI=1S/C73H55Cl4N11O7/c1-5-59(89)88(58-14-9-11-30-80-58)68(51-35-45(36-54(75)62(51)77)56-28-26-47-53(74)37-52(70(92)67(47)85-56)63(87-73-81-31-12-32-82-73)40-17-19-43(20-18-40)72(93)94-7-3)49-25-22-42-23-27-55(84-65(42)71(49)95-60(90)6-2)44-33-46(38-78)61(76)50(34-44)66(86-57-13-8-10-29-79-57)48-24-21-41-16-15-39(4)83-64(41)69(48)91/h8-37,63,66,68,91-92H,5-7H2,1-4H3,(H,79,86)(H,81,82,87). The number of halogens is 4. The number of phenolic OH excluding ortho intramolecular Hbond substituents is 2. The van der Waals surface area contributed by atoms with Crippen molar-refractivity contribution in [1.82, 2.24) is 34.9 Å². The number of amides is 1. The second-order valence-electron chi connectivity index (χ2n) is 21.9. The number of benzene rings is 6. The molecule has 3 atom stereocenters. The third kappa shape index (κ3) is 13.0. The van der Waals surface area contributed by atoms with Crippen LogP contribution in [-0.2, 0) is 14.3 Å². The largest absolute Gasteiger partial charge is 0.505 e. The molecule has 0 radical (unpaired) electrons. The van der Waals surface area contributed by atoms with E-state index in [2.05, 4.69) is 41.6 Å². The van der Waals surface area contributed by atoms with E-state index < -0.39 is 36.0 Å². The maximum atomic E-state index is 15.0. The van der Waals surface area contributed by atoms with Gasteiger partial charge in [-0.2, -0.15) is 5.26 Å². The minimum absolute atomic E-state index is 0.0229. The number of ether oxygens (including phenoxy) is 2. The first-order valence-electron chi connectivity index (χ1n) is 30.1. The normalized spacial score (nSPS) is 12.2. The van der Waals surface area contributed by atoms with Crippen molar-refractivity contribution in [2.24, 2.45) is 0 Å². The van der Waals surface area contributed by atoms with Crippen LogP contribution in [0, 0.1) is 18.3 Å². The molecule has 18 nitrogen and oxygen atoms in total. The Morgan fingerprint density at radius 3 is 1.94 bits per heavy atom. The highest BCUT2D eigenvalue weighted by Crippen LogP contribution is 2.48. The molecule has 0 aliphatic rings. The fraction of sp³-hybridized carbons (Fsp3) is 0.137. The van der Waals surface area contributed by atoms with E-state index in [0.717, 1.165) is 0 Å². The monoisotopic (exact) mass is 1340 g/mol. The maximum Gasteiger partial charge on any atom is 0.338 e. The van der Waals surface area contributed by atoms with Gasteiger partial charge in [-0.05, 0) is 122 Å². The summed E-state index contributed by atoms with van der Waals surface area (Å²) < 4.78 is 11.7. The molecule has 6 aromatic heterocycles. The number of phenols is 2. The number of pyridine rings is 5. The van der Waals surface area contributed by atoms with E-state index in [-0.39, 0.29) is 96.3 Å². The van der Waals surface area contributed by atoms with Crippen molar-refractivity contribution in [2.45, 2.75) is 58.7 Å². The number of nitriles is 1. The molecule has 0 aliphatic heterocycles. The average Bonchev–Trinajstić information content (AvgIpc) is 0.758. The summed E-state index contributed by atoms with van der Waals surface area (Å²) in [4.78, 5) is 76.2. The summed E-state index contributed by atoms with van der Waals surface area (Å²) in [5.41, 5.74) is 5.33. The van der Waals surface area contributed by atoms with Gasteiger partial charge in [-0.1, -0.05) is 121 Å². The highest BCUT2D eigenvalue weighted by Gasteiger charge is 2.36. The number of aromatic hydroxyl groups is 2. The van der Waals surface area contributed by atoms with Crippen molar-refractivity contribution >= 4 is 115 Å². The van der Waals surface area contributed by atoms with Gasteiger partial charge in [0.25, 0.3) is 0 Å². The maximum absolute atomic E-state index is 15.0. The number of esters is 2. The Bertz CT molecular complexity index is 5010. The van der Waals surface area contributed by atoms with E-state index in [4.69, 9.17) is 65.8 Å². The van der Waals surface area contributed by atoms with E-state index in [0.29, 0.717) is 83.5 Å². The molecule has 6 aromatic carbocycles. The molecule has 0 saturated heterocycles. The molecule has 1 amide bonds. The molecule has 0 saturated carbocycles. The smallest absolute Gasteiger partial charge is 0.338 e. The lowest BCUT2D eigenvalue weighted by Gasteiger charge is -2.33. The van der Waals surface area contributed by atoms with Crippen LogP contribution in [0.15, 0.2) is 183 Å². The highest BCUT2D eigenvalue weighted by atomic mass is 35.5. The summed E-state index contributed by atoms with van der Waals surface area (Å²) in [6.07, 6.45) is 6.20. The Morgan fingerprint density at radius 2 is 1.24 bits per heavy atom. The summed E-state index contributed by atoms with van der Waals surface area (Å²) in [6.45, 7) is 7.09.